The van der Waals surface area contributed by atoms with E-state index in [1.54, 1.807) is 0 Å². The summed E-state index contributed by atoms with van der Waals surface area (Å²) in [4.78, 5) is 12.2. The van der Waals surface area contributed by atoms with Crippen molar-refractivity contribution in [3.8, 4) is 5.75 Å². The van der Waals surface area contributed by atoms with Gasteiger partial charge in [-0.25, -0.2) is 4.79 Å². The molecule has 0 amide bonds. The first-order valence-electron chi connectivity index (χ1n) is 7.81. The number of para-hydroxylation sites is 1. The summed E-state index contributed by atoms with van der Waals surface area (Å²) in [6.45, 7) is 2.52. The molecule has 0 saturated heterocycles. The SMILES string of the molecule is CCOc1ccccc1C(NC1CCCCC1)C(=O)OC. The molecule has 0 aliphatic heterocycles. The Labute approximate surface area is 126 Å². The van der Waals surface area contributed by atoms with Crippen molar-refractivity contribution in [3.05, 3.63) is 29.8 Å². The van der Waals surface area contributed by atoms with Gasteiger partial charge < -0.3 is 9.47 Å². The van der Waals surface area contributed by atoms with Gasteiger partial charge in [0.15, 0.2) is 0 Å². The van der Waals surface area contributed by atoms with Crippen LogP contribution in [-0.4, -0.2) is 25.7 Å². The van der Waals surface area contributed by atoms with Crippen molar-refractivity contribution in [1.82, 2.24) is 5.32 Å². The summed E-state index contributed by atoms with van der Waals surface area (Å²) in [5.74, 6) is 0.492. The molecule has 4 nitrogen and oxygen atoms in total. The molecule has 1 aromatic rings. The smallest absolute Gasteiger partial charge is 0.327 e. The zero-order chi connectivity index (χ0) is 15.1. The van der Waals surface area contributed by atoms with Gasteiger partial charge in [-0.3, -0.25) is 5.32 Å². The summed E-state index contributed by atoms with van der Waals surface area (Å²) >= 11 is 0. The van der Waals surface area contributed by atoms with Crippen molar-refractivity contribution in [3.63, 3.8) is 0 Å². The second-order valence-electron chi connectivity index (χ2n) is 5.43. The molecule has 0 radical (unpaired) electrons. The average molecular weight is 291 g/mol. The summed E-state index contributed by atoms with van der Waals surface area (Å²) in [6, 6.07) is 7.60. The molecule has 21 heavy (non-hydrogen) atoms. The summed E-state index contributed by atoms with van der Waals surface area (Å²) in [7, 11) is 1.43. The Morgan fingerprint density at radius 3 is 2.67 bits per heavy atom. The second-order valence-corrected chi connectivity index (χ2v) is 5.43. The zero-order valence-electron chi connectivity index (χ0n) is 12.9. The van der Waals surface area contributed by atoms with Gasteiger partial charge in [-0.2, -0.15) is 0 Å². The molecule has 0 spiro atoms. The predicted octanol–water partition coefficient (Wildman–Crippen LogP) is 3.22. The molecule has 0 bridgehead atoms. The third kappa shape index (κ3) is 4.21. The first-order valence-corrected chi connectivity index (χ1v) is 7.81. The molecule has 1 unspecified atom stereocenters. The minimum atomic E-state index is -0.458. The van der Waals surface area contributed by atoms with Crippen LogP contribution in [0.15, 0.2) is 24.3 Å². The highest BCUT2D eigenvalue weighted by atomic mass is 16.5. The molecule has 1 saturated carbocycles. The highest BCUT2D eigenvalue weighted by Gasteiger charge is 2.27. The quantitative estimate of drug-likeness (QED) is 0.818. The van der Waals surface area contributed by atoms with Gasteiger partial charge in [-0.15, -0.1) is 0 Å². The second kappa shape index (κ2) is 8.03. The number of esters is 1. The number of nitrogens with one attached hydrogen (secondary N) is 1. The molecule has 4 heteroatoms. The minimum absolute atomic E-state index is 0.257. The van der Waals surface area contributed by atoms with Crippen LogP contribution in [0.5, 0.6) is 5.75 Å². The van der Waals surface area contributed by atoms with E-state index in [-0.39, 0.29) is 5.97 Å². The lowest BCUT2D eigenvalue weighted by atomic mass is 9.94. The van der Waals surface area contributed by atoms with Crippen LogP contribution in [0.2, 0.25) is 0 Å². The molecule has 0 heterocycles. The number of rotatable bonds is 6. The monoisotopic (exact) mass is 291 g/mol. The molecular weight excluding hydrogens is 266 g/mol. The van der Waals surface area contributed by atoms with E-state index >= 15 is 0 Å². The number of methoxy groups -OCH3 is 1. The van der Waals surface area contributed by atoms with Gasteiger partial charge in [0.1, 0.15) is 11.8 Å². The van der Waals surface area contributed by atoms with Crippen LogP contribution in [0.4, 0.5) is 0 Å². The third-order valence-corrected chi connectivity index (χ3v) is 3.97. The van der Waals surface area contributed by atoms with Crippen molar-refractivity contribution < 1.29 is 14.3 Å². The van der Waals surface area contributed by atoms with Gasteiger partial charge >= 0.3 is 5.97 Å². The molecule has 1 fully saturated rings. The Hall–Kier alpha value is -1.55. The van der Waals surface area contributed by atoms with Crippen molar-refractivity contribution in [2.75, 3.05) is 13.7 Å². The van der Waals surface area contributed by atoms with Gasteiger partial charge in [-0.05, 0) is 25.8 Å². The minimum Gasteiger partial charge on any atom is -0.494 e. The standard InChI is InChI=1S/C17H25NO3/c1-3-21-15-12-8-7-11-14(15)16(17(19)20-2)18-13-9-5-4-6-10-13/h7-8,11-13,16,18H,3-6,9-10H2,1-2H3. The number of hydrogen-bond donors (Lipinski definition) is 1. The maximum atomic E-state index is 12.2. The van der Waals surface area contributed by atoms with E-state index in [0.717, 1.165) is 24.2 Å². The molecule has 1 aliphatic carbocycles. The average Bonchev–Trinajstić information content (AvgIpc) is 2.54. The van der Waals surface area contributed by atoms with Crippen LogP contribution < -0.4 is 10.1 Å². The molecule has 1 N–H and O–H groups in total. The van der Waals surface area contributed by atoms with E-state index in [0.29, 0.717) is 12.6 Å². The van der Waals surface area contributed by atoms with E-state index in [1.165, 1.54) is 26.4 Å². The lowest BCUT2D eigenvalue weighted by Crippen LogP contribution is -2.39. The van der Waals surface area contributed by atoms with Crippen LogP contribution in [0.3, 0.4) is 0 Å². The van der Waals surface area contributed by atoms with Crippen molar-refractivity contribution in [1.29, 1.82) is 0 Å². The fourth-order valence-electron chi connectivity index (χ4n) is 2.91. The predicted molar refractivity (Wildman–Crippen MR) is 82.4 cm³/mol. The third-order valence-electron chi connectivity index (χ3n) is 3.97. The van der Waals surface area contributed by atoms with Crippen molar-refractivity contribution in [2.45, 2.75) is 51.1 Å². The molecule has 1 aliphatic rings. The summed E-state index contributed by atoms with van der Waals surface area (Å²) in [5.41, 5.74) is 0.858. The van der Waals surface area contributed by atoms with E-state index in [4.69, 9.17) is 9.47 Å². The van der Waals surface area contributed by atoms with Gasteiger partial charge in [0.2, 0.25) is 0 Å². The van der Waals surface area contributed by atoms with E-state index in [2.05, 4.69) is 5.32 Å². The Bertz CT molecular complexity index is 455. The largest absolute Gasteiger partial charge is 0.494 e. The topological polar surface area (TPSA) is 47.6 Å². The molecule has 1 atom stereocenters. The summed E-state index contributed by atoms with van der Waals surface area (Å²) in [5, 5.41) is 3.47. The Morgan fingerprint density at radius 2 is 2.00 bits per heavy atom. The van der Waals surface area contributed by atoms with Gasteiger partial charge in [-0.1, -0.05) is 37.5 Å². The highest BCUT2D eigenvalue weighted by molar-refractivity contribution is 5.78. The van der Waals surface area contributed by atoms with Gasteiger partial charge in [0.05, 0.1) is 13.7 Å². The van der Waals surface area contributed by atoms with Gasteiger partial charge in [0, 0.05) is 11.6 Å². The molecule has 1 aromatic carbocycles. The Balaban J connectivity index is 2.20. The van der Waals surface area contributed by atoms with Crippen LogP contribution in [0.1, 0.15) is 50.6 Å². The van der Waals surface area contributed by atoms with Crippen LogP contribution in [0, 0.1) is 0 Å². The number of hydrogen-bond acceptors (Lipinski definition) is 4. The number of carbonyl (C=O) groups excluding carboxylic acids is 1. The molecule has 116 valence electrons. The first-order chi connectivity index (χ1) is 10.3. The van der Waals surface area contributed by atoms with Crippen LogP contribution in [0.25, 0.3) is 0 Å². The van der Waals surface area contributed by atoms with E-state index in [1.807, 2.05) is 31.2 Å². The fraction of sp³-hybridized carbons (Fsp3) is 0.588. The highest BCUT2D eigenvalue weighted by Crippen LogP contribution is 2.28. The van der Waals surface area contributed by atoms with Crippen molar-refractivity contribution in [2.24, 2.45) is 0 Å². The summed E-state index contributed by atoms with van der Waals surface area (Å²) in [6.07, 6.45) is 5.96. The number of benzene rings is 1. The first kappa shape index (κ1) is 15.8. The molecule has 2 rings (SSSR count). The Morgan fingerprint density at radius 1 is 1.29 bits per heavy atom. The lowest BCUT2D eigenvalue weighted by Gasteiger charge is -2.28. The number of carbonyl (C=O) groups is 1. The molecule has 0 aromatic heterocycles. The maximum absolute atomic E-state index is 12.2. The van der Waals surface area contributed by atoms with Gasteiger partial charge in [0.25, 0.3) is 0 Å². The van der Waals surface area contributed by atoms with Crippen LogP contribution >= 0.6 is 0 Å². The lowest BCUT2D eigenvalue weighted by molar-refractivity contribution is -0.143. The zero-order valence-corrected chi connectivity index (χ0v) is 12.9. The fourth-order valence-corrected chi connectivity index (χ4v) is 2.91. The molecular formula is C17H25NO3. The maximum Gasteiger partial charge on any atom is 0.327 e. The summed E-state index contributed by atoms with van der Waals surface area (Å²) < 4.78 is 10.6. The normalized spacial score (nSPS) is 17.2. The van der Waals surface area contributed by atoms with E-state index in [9.17, 15) is 4.79 Å². The van der Waals surface area contributed by atoms with Crippen molar-refractivity contribution >= 4 is 5.97 Å². The van der Waals surface area contributed by atoms with E-state index < -0.39 is 6.04 Å². The van der Waals surface area contributed by atoms with Crippen LogP contribution in [-0.2, 0) is 9.53 Å². The Kier molecular flexibility index (Phi) is 6.05. The number of ether oxygens (including phenoxy) is 2.